The lowest BCUT2D eigenvalue weighted by Crippen LogP contribution is -2.14. The van der Waals surface area contributed by atoms with Crippen molar-refractivity contribution in [3.05, 3.63) is 100 Å². The third kappa shape index (κ3) is 3.52. The first-order valence-corrected chi connectivity index (χ1v) is 10.3. The van der Waals surface area contributed by atoms with Crippen LogP contribution in [0.5, 0.6) is 0 Å². The molecule has 0 aliphatic carbocycles. The highest BCUT2D eigenvalue weighted by atomic mass is 16.1. The van der Waals surface area contributed by atoms with Gasteiger partial charge >= 0.3 is 0 Å². The molecule has 6 heteroatoms. The monoisotopic (exact) mass is 420 g/mol. The van der Waals surface area contributed by atoms with Crippen LogP contribution in [0.1, 0.15) is 21.5 Å². The third-order valence-electron chi connectivity index (χ3n) is 5.52. The number of carbonyl (C=O) groups is 1. The Morgan fingerprint density at radius 2 is 1.75 bits per heavy atom. The van der Waals surface area contributed by atoms with Crippen molar-refractivity contribution in [3.63, 3.8) is 0 Å². The van der Waals surface area contributed by atoms with E-state index in [0.717, 1.165) is 27.7 Å². The Morgan fingerprint density at radius 1 is 0.906 bits per heavy atom. The maximum absolute atomic E-state index is 13.3. The van der Waals surface area contributed by atoms with Crippen molar-refractivity contribution in [2.45, 2.75) is 13.8 Å². The summed E-state index contributed by atoms with van der Waals surface area (Å²) in [6.07, 6.45) is 1.36. The summed E-state index contributed by atoms with van der Waals surface area (Å²) in [4.78, 5) is 36.9. The third-order valence-corrected chi connectivity index (χ3v) is 5.52. The van der Waals surface area contributed by atoms with Crippen LogP contribution in [0.4, 0.5) is 5.69 Å². The van der Waals surface area contributed by atoms with E-state index in [-0.39, 0.29) is 11.5 Å². The molecule has 5 aromatic rings. The molecule has 3 aromatic carbocycles. The topological polar surface area (TPSA) is 87.7 Å². The minimum absolute atomic E-state index is 0.252. The molecule has 156 valence electrons. The van der Waals surface area contributed by atoms with Crippen molar-refractivity contribution in [2.75, 3.05) is 5.32 Å². The molecule has 1 amide bonds. The van der Waals surface area contributed by atoms with Gasteiger partial charge in [-0.15, -0.1) is 0 Å². The average Bonchev–Trinajstić information content (AvgIpc) is 2.79. The molecule has 0 saturated carbocycles. The Labute approximate surface area is 184 Å². The SMILES string of the molecule is Cc1ccc(-c2cc(C(=O)Nc3ccc4nc[nH]c(=O)c4c3)c3ccccc3n2)c(C)c1. The van der Waals surface area contributed by atoms with Gasteiger partial charge in [0.2, 0.25) is 0 Å². The zero-order valence-corrected chi connectivity index (χ0v) is 17.6. The fourth-order valence-electron chi connectivity index (χ4n) is 3.95. The number of aromatic amines is 1. The first-order valence-electron chi connectivity index (χ1n) is 10.3. The molecule has 0 atom stereocenters. The molecule has 0 saturated heterocycles. The van der Waals surface area contributed by atoms with Gasteiger partial charge in [0.05, 0.1) is 34.0 Å². The molecular formula is C26H20N4O2. The van der Waals surface area contributed by atoms with Gasteiger partial charge in [-0.2, -0.15) is 0 Å². The van der Waals surface area contributed by atoms with Gasteiger partial charge in [-0.1, -0.05) is 42.0 Å². The molecule has 2 aromatic heterocycles. The van der Waals surface area contributed by atoms with Crippen molar-refractivity contribution in [1.82, 2.24) is 15.0 Å². The number of H-pyrrole nitrogens is 1. The number of nitrogens with zero attached hydrogens (tertiary/aromatic N) is 2. The van der Waals surface area contributed by atoms with Crippen LogP contribution in [0.25, 0.3) is 33.1 Å². The van der Waals surface area contributed by atoms with E-state index >= 15 is 0 Å². The number of benzene rings is 3. The van der Waals surface area contributed by atoms with E-state index in [4.69, 9.17) is 4.98 Å². The number of para-hydroxylation sites is 1. The van der Waals surface area contributed by atoms with E-state index < -0.39 is 0 Å². The number of anilines is 1. The summed E-state index contributed by atoms with van der Waals surface area (Å²) in [5, 5.41) is 4.11. The zero-order valence-electron chi connectivity index (χ0n) is 17.6. The lowest BCUT2D eigenvalue weighted by molar-refractivity contribution is 0.102. The number of rotatable bonds is 3. The van der Waals surface area contributed by atoms with Crippen molar-refractivity contribution in [2.24, 2.45) is 0 Å². The van der Waals surface area contributed by atoms with E-state index in [2.05, 4.69) is 21.4 Å². The Hall–Kier alpha value is -4.32. The average molecular weight is 420 g/mol. The minimum atomic E-state index is -0.269. The van der Waals surface area contributed by atoms with Gasteiger partial charge < -0.3 is 10.3 Å². The molecule has 2 N–H and O–H groups in total. The van der Waals surface area contributed by atoms with Crippen LogP contribution < -0.4 is 10.9 Å². The molecule has 6 nitrogen and oxygen atoms in total. The molecule has 0 spiro atoms. The lowest BCUT2D eigenvalue weighted by Gasteiger charge is -2.12. The Kier molecular flexibility index (Phi) is 4.75. The van der Waals surface area contributed by atoms with E-state index in [1.54, 1.807) is 18.2 Å². The van der Waals surface area contributed by atoms with Crippen LogP contribution >= 0.6 is 0 Å². The van der Waals surface area contributed by atoms with Crippen molar-refractivity contribution >= 4 is 33.4 Å². The van der Waals surface area contributed by atoms with Crippen molar-refractivity contribution < 1.29 is 4.79 Å². The molecule has 2 heterocycles. The maximum atomic E-state index is 13.3. The highest BCUT2D eigenvalue weighted by Crippen LogP contribution is 2.28. The Bertz CT molecular complexity index is 1570. The van der Waals surface area contributed by atoms with Crippen molar-refractivity contribution in [3.8, 4) is 11.3 Å². The smallest absolute Gasteiger partial charge is 0.258 e. The maximum Gasteiger partial charge on any atom is 0.258 e. The van der Waals surface area contributed by atoms with E-state index in [9.17, 15) is 9.59 Å². The summed E-state index contributed by atoms with van der Waals surface area (Å²) in [6.45, 7) is 4.09. The molecule has 5 rings (SSSR count). The van der Waals surface area contributed by atoms with Gasteiger partial charge in [0.25, 0.3) is 11.5 Å². The molecule has 0 aliphatic rings. The number of amides is 1. The summed E-state index contributed by atoms with van der Waals surface area (Å²) < 4.78 is 0. The molecule has 0 aliphatic heterocycles. The van der Waals surface area contributed by atoms with E-state index in [1.165, 1.54) is 11.9 Å². The number of fused-ring (bicyclic) bond motifs is 2. The zero-order chi connectivity index (χ0) is 22.2. The highest BCUT2D eigenvalue weighted by Gasteiger charge is 2.15. The minimum Gasteiger partial charge on any atom is -0.322 e. The lowest BCUT2D eigenvalue weighted by atomic mass is 9.99. The normalized spacial score (nSPS) is 11.1. The number of pyridine rings is 1. The van der Waals surface area contributed by atoms with E-state index in [0.29, 0.717) is 22.2 Å². The highest BCUT2D eigenvalue weighted by molar-refractivity contribution is 6.13. The number of aromatic nitrogens is 3. The van der Waals surface area contributed by atoms with Gasteiger partial charge in [0.15, 0.2) is 0 Å². The van der Waals surface area contributed by atoms with Crippen LogP contribution in [0, 0.1) is 13.8 Å². The number of nitrogens with one attached hydrogen (secondary N) is 2. The van der Waals surface area contributed by atoms with Crippen LogP contribution in [0.3, 0.4) is 0 Å². The van der Waals surface area contributed by atoms with Crippen LogP contribution in [0.2, 0.25) is 0 Å². The van der Waals surface area contributed by atoms with Crippen LogP contribution in [-0.4, -0.2) is 20.9 Å². The number of hydrogen-bond donors (Lipinski definition) is 2. The fourth-order valence-corrected chi connectivity index (χ4v) is 3.95. The molecular weight excluding hydrogens is 400 g/mol. The van der Waals surface area contributed by atoms with Crippen LogP contribution in [0.15, 0.2) is 77.9 Å². The van der Waals surface area contributed by atoms with Gasteiger partial charge in [-0.3, -0.25) is 9.59 Å². The quantitative estimate of drug-likeness (QED) is 0.430. The van der Waals surface area contributed by atoms with Gasteiger partial charge in [0.1, 0.15) is 0 Å². The van der Waals surface area contributed by atoms with Gasteiger partial charge in [0, 0.05) is 16.6 Å². The Balaban J connectivity index is 1.60. The summed E-state index contributed by atoms with van der Waals surface area (Å²) >= 11 is 0. The largest absolute Gasteiger partial charge is 0.322 e. The van der Waals surface area contributed by atoms with Crippen LogP contribution in [-0.2, 0) is 0 Å². The standard InChI is InChI=1S/C26H20N4O2/c1-15-7-9-18(16(2)11-15)24-13-20(19-5-3-4-6-23(19)30-24)26(32)29-17-8-10-22-21(12-17)25(31)28-14-27-22/h3-14H,1-2H3,(H,29,32)(H,27,28,31). The molecule has 0 bridgehead atoms. The number of carbonyl (C=O) groups excluding carboxylic acids is 1. The summed E-state index contributed by atoms with van der Waals surface area (Å²) in [6, 6.07) is 20.7. The first-order chi connectivity index (χ1) is 15.5. The predicted molar refractivity (Wildman–Crippen MR) is 127 cm³/mol. The molecule has 0 fully saturated rings. The number of aryl methyl sites for hydroxylation is 2. The summed E-state index contributed by atoms with van der Waals surface area (Å²) in [7, 11) is 0. The van der Waals surface area contributed by atoms with Gasteiger partial charge in [-0.25, -0.2) is 9.97 Å². The second-order valence-corrected chi connectivity index (χ2v) is 7.81. The second kappa shape index (κ2) is 7.74. The molecule has 0 radical (unpaired) electrons. The predicted octanol–water partition coefficient (Wildman–Crippen LogP) is 5.01. The van der Waals surface area contributed by atoms with Gasteiger partial charge in [-0.05, 0) is 49.7 Å². The fraction of sp³-hybridized carbons (Fsp3) is 0.0769. The molecule has 0 unspecified atom stereocenters. The molecule has 32 heavy (non-hydrogen) atoms. The van der Waals surface area contributed by atoms with Crippen molar-refractivity contribution in [1.29, 1.82) is 0 Å². The Morgan fingerprint density at radius 3 is 2.59 bits per heavy atom. The number of hydrogen-bond acceptors (Lipinski definition) is 4. The first kappa shape index (κ1) is 19.6. The summed E-state index contributed by atoms with van der Waals surface area (Å²) in [5.41, 5.74) is 6.10. The summed E-state index contributed by atoms with van der Waals surface area (Å²) in [5.74, 6) is -0.269. The van der Waals surface area contributed by atoms with E-state index in [1.807, 2.05) is 56.3 Å². The second-order valence-electron chi connectivity index (χ2n) is 7.81.